The van der Waals surface area contributed by atoms with Crippen LogP contribution in [0.2, 0.25) is 0 Å². The average molecular weight is 226 g/mol. The van der Waals surface area contributed by atoms with Crippen LogP contribution in [0.4, 0.5) is 5.95 Å². The second kappa shape index (κ2) is 5.10. The van der Waals surface area contributed by atoms with Crippen molar-refractivity contribution >= 4 is 17.8 Å². The van der Waals surface area contributed by atoms with Crippen LogP contribution in [-0.2, 0) is 4.79 Å². The van der Waals surface area contributed by atoms with Gasteiger partial charge in [0.15, 0.2) is 0 Å². The number of hydrogen-bond donors (Lipinski definition) is 3. The lowest BCUT2D eigenvalue weighted by molar-refractivity contribution is -0.121. The molecule has 0 aromatic carbocycles. The molecular formula is C8H14N6O2. The zero-order valence-electron chi connectivity index (χ0n) is 9.15. The molecule has 0 aliphatic heterocycles. The van der Waals surface area contributed by atoms with Crippen LogP contribution < -0.4 is 11.1 Å². The van der Waals surface area contributed by atoms with E-state index < -0.39 is 5.91 Å². The summed E-state index contributed by atoms with van der Waals surface area (Å²) in [6.07, 6.45) is 0. The van der Waals surface area contributed by atoms with Crippen LogP contribution >= 0.6 is 0 Å². The molecule has 4 N–H and O–H groups in total. The van der Waals surface area contributed by atoms with Gasteiger partial charge in [-0.2, -0.15) is 4.98 Å². The minimum Gasteiger partial charge on any atom is -0.366 e. The third-order valence-electron chi connectivity index (χ3n) is 1.81. The van der Waals surface area contributed by atoms with Gasteiger partial charge in [0, 0.05) is 13.6 Å². The SMILES string of the molecule is CCNC(=O)CN(C)C(=O)c1nc(N)n[nH]1. The fourth-order valence-corrected chi connectivity index (χ4v) is 1.09. The third-order valence-corrected chi connectivity index (χ3v) is 1.81. The van der Waals surface area contributed by atoms with Crippen LogP contribution in [0.3, 0.4) is 0 Å². The van der Waals surface area contributed by atoms with E-state index in [1.54, 1.807) is 6.92 Å². The monoisotopic (exact) mass is 226 g/mol. The standard InChI is InChI=1S/C8H14N6O2/c1-3-10-5(15)4-14(2)7(16)6-11-8(9)13-12-6/h3-4H2,1-2H3,(H,10,15)(H3,9,11,12,13). The first kappa shape index (κ1) is 12.0. The van der Waals surface area contributed by atoms with Gasteiger partial charge in [0.05, 0.1) is 6.54 Å². The maximum Gasteiger partial charge on any atom is 0.291 e. The number of aromatic amines is 1. The predicted octanol–water partition coefficient (Wildman–Crippen LogP) is -1.40. The van der Waals surface area contributed by atoms with Gasteiger partial charge in [-0.25, -0.2) is 0 Å². The van der Waals surface area contributed by atoms with Crippen molar-refractivity contribution < 1.29 is 9.59 Å². The molecule has 1 aromatic rings. The van der Waals surface area contributed by atoms with Gasteiger partial charge in [0.1, 0.15) is 0 Å². The number of amides is 2. The lowest BCUT2D eigenvalue weighted by Gasteiger charge is -2.14. The molecule has 0 spiro atoms. The van der Waals surface area contributed by atoms with Crippen LogP contribution in [0.5, 0.6) is 0 Å². The number of carbonyl (C=O) groups excluding carboxylic acids is 2. The lowest BCUT2D eigenvalue weighted by atomic mass is 10.4. The molecule has 8 heteroatoms. The summed E-state index contributed by atoms with van der Waals surface area (Å²) < 4.78 is 0. The average Bonchev–Trinajstić information content (AvgIpc) is 2.64. The molecule has 0 saturated heterocycles. The Morgan fingerprint density at radius 3 is 2.75 bits per heavy atom. The van der Waals surface area contributed by atoms with Crippen molar-refractivity contribution in [2.75, 3.05) is 25.9 Å². The molecular weight excluding hydrogens is 212 g/mol. The van der Waals surface area contributed by atoms with Gasteiger partial charge in [-0.3, -0.25) is 14.7 Å². The van der Waals surface area contributed by atoms with Crippen molar-refractivity contribution in [2.45, 2.75) is 6.92 Å². The maximum absolute atomic E-state index is 11.7. The molecule has 8 nitrogen and oxygen atoms in total. The van der Waals surface area contributed by atoms with Gasteiger partial charge >= 0.3 is 0 Å². The molecule has 0 unspecified atom stereocenters. The van der Waals surface area contributed by atoms with Crippen molar-refractivity contribution in [3.63, 3.8) is 0 Å². The summed E-state index contributed by atoms with van der Waals surface area (Å²) in [6, 6.07) is 0. The topological polar surface area (TPSA) is 117 Å². The summed E-state index contributed by atoms with van der Waals surface area (Å²) >= 11 is 0. The molecule has 0 aliphatic carbocycles. The Hall–Kier alpha value is -2.12. The molecule has 1 rings (SSSR count). The normalized spacial score (nSPS) is 9.88. The minimum atomic E-state index is -0.435. The van der Waals surface area contributed by atoms with Gasteiger partial charge in [-0.1, -0.05) is 0 Å². The first-order chi connectivity index (χ1) is 7.54. The second-order valence-electron chi connectivity index (χ2n) is 3.16. The highest BCUT2D eigenvalue weighted by Crippen LogP contribution is 1.97. The lowest BCUT2D eigenvalue weighted by Crippen LogP contribution is -2.38. The fourth-order valence-electron chi connectivity index (χ4n) is 1.09. The Morgan fingerprint density at radius 1 is 1.56 bits per heavy atom. The zero-order valence-corrected chi connectivity index (χ0v) is 9.15. The molecule has 88 valence electrons. The molecule has 16 heavy (non-hydrogen) atoms. The van der Waals surface area contributed by atoms with Gasteiger partial charge in [0.25, 0.3) is 5.91 Å². The summed E-state index contributed by atoms with van der Waals surface area (Å²) in [7, 11) is 1.50. The zero-order chi connectivity index (χ0) is 12.1. The van der Waals surface area contributed by atoms with Crippen molar-refractivity contribution in [2.24, 2.45) is 0 Å². The Morgan fingerprint density at radius 2 is 2.25 bits per heavy atom. The number of nitrogens with zero attached hydrogens (tertiary/aromatic N) is 3. The van der Waals surface area contributed by atoms with Crippen LogP contribution in [0, 0.1) is 0 Å². The Kier molecular flexibility index (Phi) is 3.81. The van der Waals surface area contributed by atoms with E-state index in [0.717, 1.165) is 0 Å². The van der Waals surface area contributed by atoms with Crippen LogP contribution in [-0.4, -0.2) is 52.0 Å². The number of anilines is 1. The quantitative estimate of drug-likeness (QED) is 0.583. The Balaban J connectivity index is 2.57. The van der Waals surface area contributed by atoms with Crippen molar-refractivity contribution in [1.29, 1.82) is 0 Å². The summed E-state index contributed by atoms with van der Waals surface area (Å²) in [5.41, 5.74) is 5.26. The summed E-state index contributed by atoms with van der Waals surface area (Å²) in [5, 5.41) is 8.50. The predicted molar refractivity (Wildman–Crippen MR) is 56.4 cm³/mol. The number of rotatable bonds is 4. The number of nitrogen functional groups attached to an aromatic ring is 1. The number of likely N-dealkylation sites (N-methyl/N-ethyl adjacent to an activating group) is 2. The molecule has 0 bridgehead atoms. The molecule has 2 amide bonds. The number of hydrogen-bond acceptors (Lipinski definition) is 5. The van der Waals surface area contributed by atoms with Gasteiger partial charge in [0.2, 0.25) is 17.7 Å². The molecule has 0 atom stereocenters. The van der Waals surface area contributed by atoms with Gasteiger partial charge in [-0.05, 0) is 6.92 Å². The Labute approximate surface area is 92.2 Å². The largest absolute Gasteiger partial charge is 0.366 e. The van der Waals surface area contributed by atoms with E-state index in [1.807, 2.05) is 0 Å². The number of aromatic nitrogens is 3. The van der Waals surface area contributed by atoms with E-state index in [9.17, 15) is 9.59 Å². The highest BCUT2D eigenvalue weighted by atomic mass is 16.2. The molecule has 1 heterocycles. The number of carbonyl (C=O) groups is 2. The van der Waals surface area contributed by atoms with Crippen LogP contribution in [0.25, 0.3) is 0 Å². The summed E-state index contributed by atoms with van der Waals surface area (Å²) in [5.74, 6) is -0.652. The van der Waals surface area contributed by atoms with E-state index >= 15 is 0 Å². The van der Waals surface area contributed by atoms with E-state index in [2.05, 4.69) is 20.5 Å². The molecule has 0 saturated carbocycles. The van der Waals surface area contributed by atoms with Crippen molar-refractivity contribution in [3.05, 3.63) is 5.82 Å². The highest BCUT2D eigenvalue weighted by molar-refractivity contribution is 5.93. The third kappa shape index (κ3) is 2.94. The smallest absolute Gasteiger partial charge is 0.291 e. The minimum absolute atomic E-state index is 0.00485. The molecule has 1 aromatic heterocycles. The molecule has 0 radical (unpaired) electrons. The number of nitrogens with one attached hydrogen (secondary N) is 2. The molecule has 0 aliphatic rings. The van der Waals surface area contributed by atoms with Crippen LogP contribution in [0.1, 0.15) is 17.5 Å². The van der Waals surface area contributed by atoms with E-state index in [4.69, 9.17) is 5.73 Å². The summed E-state index contributed by atoms with van der Waals surface area (Å²) in [6.45, 7) is 2.29. The van der Waals surface area contributed by atoms with Gasteiger partial charge in [-0.15, -0.1) is 5.10 Å². The van der Waals surface area contributed by atoms with E-state index in [1.165, 1.54) is 11.9 Å². The van der Waals surface area contributed by atoms with E-state index in [-0.39, 0.29) is 24.2 Å². The van der Waals surface area contributed by atoms with Crippen molar-refractivity contribution in [3.8, 4) is 0 Å². The fraction of sp³-hybridized carbons (Fsp3) is 0.500. The number of H-pyrrole nitrogens is 1. The second-order valence-corrected chi connectivity index (χ2v) is 3.16. The van der Waals surface area contributed by atoms with Crippen molar-refractivity contribution in [1.82, 2.24) is 25.4 Å². The van der Waals surface area contributed by atoms with Crippen LogP contribution in [0.15, 0.2) is 0 Å². The summed E-state index contributed by atoms with van der Waals surface area (Å²) in [4.78, 5) is 27.8. The number of nitrogens with two attached hydrogens (primary N) is 1. The molecule has 0 fully saturated rings. The van der Waals surface area contributed by atoms with Gasteiger partial charge < -0.3 is 16.0 Å². The highest BCUT2D eigenvalue weighted by Gasteiger charge is 2.17. The first-order valence-corrected chi connectivity index (χ1v) is 4.74. The van der Waals surface area contributed by atoms with E-state index in [0.29, 0.717) is 6.54 Å². The first-order valence-electron chi connectivity index (χ1n) is 4.74. The maximum atomic E-state index is 11.7. The Bertz CT molecular complexity index is 388.